The first-order valence-electron chi connectivity index (χ1n) is 7.41. The molecule has 0 aliphatic rings. The van der Waals surface area contributed by atoms with Gasteiger partial charge in [-0.3, -0.25) is 4.79 Å². The van der Waals surface area contributed by atoms with Gasteiger partial charge in [0.05, 0.1) is 5.39 Å². The Morgan fingerprint density at radius 2 is 2.04 bits per heavy atom. The molecule has 0 aliphatic heterocycles. The second-order valence-corrected chi connectivity index (χ2v) is 6.25. The number of hydrogen-bond donors (Lipinski definition) is 0. The summed E-state index contributed by atoms with van der Waals surface area (Å²) in [6.45, 7) is 1.97. The summed E-state index contributed by atoms with van der Waals surface area (Å²) >= 11 is 1.50. The van der Waals surface area contributed by atoms with Crippen LogP contribution < -0.4 is 5.56 Å². The number of aryl methyl sites for hydroxylation is 1. The van der Waals surface area contributed by atoms with Crippen molar-refractivity contribution in [3.63, 3.8) is 0 Å². The van der Waals surface area contributed by atoms with E-state index in [4.69, 9.17) is 0 Å². The summed E-state index contributed by atoms with van der Waals surface area (Å²) in [4.78, 5) is 20.2. The molecular formula is C17H18N4OS. The monoisotopic (exact) mass is 326 g/mol. The lowest BCUT2D eigenvalue weighted by atomic mass is 10.1. The van der Waals surface area contributed by atoms with E-state index >= 15 is 0 Å². The average Bonchev–Trinajstić information content (AvgIpc) is 2.98. The highest BCUT2D eigenvalue weighted by atomic mass is 32.1. The Morgan fingerprint density at radius 3 is 2.70 bits per heavy atom. The van der Waals surface area contributed by atoms with Crippen molar-refractivity contribution in [1.82, 2.24) is 14.6 Å². The topological polar surface area (TPSA) is 50.5 Å². The maximum Gasteiger partial charge on any atom is 0.283 e. The SMILES string of the molecule is CCc1nc2scc(-c3ccccc3)c2c(=O)n1N=CN(C)C. The normalized spacial score (nSPS) is 11.4. The molecule has 2 heterocycles. The van der Waals surface area contributed by atoms with Crippen LogP contribution in [-0.4, -0.2) is 35.0 Å². The van der Waals surface area contributed by atoms with Crippen LogP contribution in [0.15, 0.2) is 45.6 Å². The van der Waals surface area contributed by atoms with Crippen molar-refractivity contribution in [2.45, 2.75) is 13.3 Å². The molecule has 0 saturated carbocycles. The second kappa shape index (κ2) is 6.34. The molecule has 3 aromatic rings. The van der Waals surface area contributed by atoms with Gasteiger partial charge in [-0.25, -0.2) is 4.98 Å². The Morgan fingerprint density at radius 1 is 1.30 bits per heavy atom. The van der Waals surface area contributed by atoms with Crippen LogP contribution in [0.1, 0.15) is 12.7 Å². The van der Waals surface area contributed by atoms with Gasteiger partial charge in [0.25, 0.3) is 5.56 Å². The fourth-order valence-electron chi connectivity index (χ4n) is 2.36. The lowest BCUT2D eigenvalue weighted by Crippen LogP contribution is -2.23. The van der Waals surface area contributed by atoms with Crippen molar-refractivity contribution in [2.24, 2.45) is 5.10 Å². The Balaban J connectivity index is 2.28. The highest BCUT2D eigenvalue weighted by molar-refractivity contribution is 7.17. The van der Waals surface area contributed by atoms with E-state index in [1.54, 1.807) is 11.2 Å². The number of benzene rings is 1. The molecule has 0 atom stereocenters. The predicted molar refractivity (Wildman–Crippen MR) is 96.3 cm³/mol. The first-order valence-corrected chi connectivity index (χ1v) is 8.29. The van der Waals surface area contributed by atoms with E-state index in [0.29, 0.717) is 17.6 Å². The van der Waals surface area contributed by atoms with E-state index < -0.39 is 0 Å². The first-order chi connectivity index (χ1) is 11.1. The van der Waals surface area contributed by atoms with Crippen molar-refractivity contribution >= 4 is 27.9 Å². The lowest BCUT2D eigenvalue weighted by molar-refractivity contribution is 0.623. The lowest BCUT2D eigenvalue weighted by Gasteiger charge is -2.08. The number of fused-ring (bicyclic) bond motifs is 1. The third-order valence-electron chi connectivity index (χ3n) is 3.45. The summed E-state index contributed by atoms with van der Waals surface area (Å²) in [6.07, 6.45) is 2.26. The maximum absolute atomic E-state index is 13.0. The minimum atomic E-state index is -0.120. The second-order valence-electron chi connectivity index (χ2n) is 5.39. The molecule has 6 heteroatoms. The van der Waals surface area contributed by atoms with Crippen molar-refractivity contribution in [2.75, 3.05) is 14.1 Å². The molecule has 2 aromatic heterocycles. The van der Waals surface area contributed by atoms with E-state index in [1.165, 1.54) is 16.0 Å². The molecule has 0 fully saturated rings. The van der Waals surface area contributed by atoms with E-state index in [-0.39, 0.29) is 5.56 Å². The van der Waals surface area contributed by atoms with E-state index in [0.717, 1.165) is 16.0 Å². The van der Waals surface area contributed by atoms with Gasteiger partial charge < -0.3 is 4.90 Å². The molecular weight excluding hydrogens is 308 g/mol. The Kier molecular flexibility index (Phi) is 4.25. The summed E-state index contributed by atoms with van der Waals surface area (Å²) < 4.78 is 1.40. The van der Waals surface area contributed by atoms with Gasteiger partial charge in [0.15, 0.2) is 0 Å². The van der Waals surface area contributed by atoms with Crippen molar-refractivity contribution in [1.29, 1.82) is 0 Å². The van der Waals surface area contributed by atoms with Crippen LogP contribution in [0.3, 0.4) is 0 Å². The van der Waals surface area contributed by atoms with E-state index in [9.17, 15) is 4.79 Å². The first kappa shape index (κ1) is 15.4. The maximum atomic E-state index is 13.0. The highest BCUT2D eigenvalue weighted by Crippen LogP contribution is 2.30. The van der Waals surface area contributed by atoms with Gasteiger partial charge in [0.1, 0.15) is 17.0 Å². The smallest absolute Gasteiger partial charge is 0.283 e. The number of nitrogens with zero attached hydrogens (tertiary/aromatic N) is 4. The van der Waals surface area contributed by atoms with Gasteiger partial charge in [-0.1, -0.05) is 37.3 Å². The largest absolute Gasteiger partial charge is 0.367 e. The quantitative estimate of drug-likeness (QED) is 0.547. The van der Waals surface area contributed by atoms with Gasteiger partial charge in [0, 0.05) is 31.5 Å². The Labute approximate surface area is 138 Å². The summed E-state index contributed by atoms with van der Waals surface area (Å²) in [6, 6.07) is 9.90. The summed E-state index contributed by atoms with van der Waals surface area (Å²) in [5, 5.41) is 6.92. The molecule has 0 bridgehead atoms. The molecule has 1 aromatic carbocycles. The van der Waals surface area contributed by atoms with Gasteiger partial charge >= 0.3 is 0 Å². The predicted octanol–water partition coefficient (Wildman–Crippen LogP) is 3.04. The van der Waals surface area contributed by atoms with Gasteiger partial charge in [-0.05, 0) is 5.56 Å². The summed E-state index contributed by atoms with van der Waals surface area (Å²) in [5.74, 6) is 0.669. The fourth-order valence-corrected chi connectivity index (χ4v) is 3.31. The number of hydrogen-bond acceptors (Lipinski definition) is 4. The summed E-state index contributed by atoms with van der Waals surface area (Å²) in [5.41, 5.74) is 1.81. The zero-order valence-corrected chi connectivity index (χ0v) is 14.2. The average molecular weight is 326 g/mol. The molecule has 5 nitrogen and oxygen atoms in total. The number of rotatable bonds is 4. The van der Waals surface area contributed by atoms with Crippen LogP contribution in [0.2, 0.25) is 0 Å². The zero-order valence-electron chi connectivity index (χ0n) is 13.4. The number of thiophene rings is 1. The van der Waals surface area contributed by atoms with Gasteiger partial charge in [0.2, 0.25) is 0 Å². The molecule has 0 saturated heterocycles. The van der Waals surface area contributed by atoms with Crippen LogP contribution in [0.5, 0.6) is 0 Å². The third-order valence-corrected chi connectivity index (χ3v) is 4.32. The van der Waals surface area contributed by atoms with Crippen LogP contribution >= 0.6 is 11.3 Å². The molecule has 23 heavy (non-hydrogen) atoms. The third kappa shape index (κ3) is 2.90. The van der Waals surface area contributed by atoms with E-state index in [1.807, 2.05) is 56.7 Å². The van der Waals surface area contributed by atoms with Crippen molar-refractivity contribution < 1.29 is 0 Å². The summed E-state index contributed by atoms with van der Waals surface area (Å²) in [7, 11) is 3.73. The molecule has 0 unspecified atom stereocenters. The minimum Gasteiger partial charge on any atom is -0.367 e. The van der Waals surface area contributed by atoms with E-state index in [2.05, 4.69) is 10.1 Å². The number of aromatic nitrogens is 2. The molecule has 0 radical (unpaired) electrons. The van der Waals surface area contributed by atoms with Crippen LogP contribution in [0.25, 0.3) is 21.3 Å². The standard InChI is InChI=1S/C17H18N4OS/c1-4-14-19-16-15(17(22)21(14)18-11-20(2)3)13(10-23-16)12-8-6-5-7-9-12/h5-11H,4H2,1-3H3. The van der Waals surface area contributed by atoms with Gasteiger partial charge in [-0.15, -0.1) is 11.3 Å². The molecule has 0 spiro atoms. The van der Waals surface area contributed by atoms with Crippen LogP contribution in [0, 0.1) is 0 Å². The molecule has 0 aliphatic carbocycles. The van der Waals surface area contributed by atoms with Crippen LogP contribution in [0.4, 0.5) is 0 Å². The zero-order chi connectivity index (χ0) is 16.4. The fraction of sp³-hybridized carbons (Fsp3) is 0.235. The van der Waals surface area contributed by atoms with Crippen molar-refractivity contribution in [3.05, 3.63) is 51.9 Å². The minimum absolute atomic E-state index is 0.120. The molecule has 0 N–H and O–H groups in total. The molecule has 0 amide bonds. The molecule has 118 valence electrons. The van der Waals surface area contributed by atoms with Crippen molar-refractivity contribution in [3.8, 4) is 11.1 Å². The Hall–Kier alpha value is -2.47. The molecule has 3 rings (SSSR count). The van der Waals surface area contributed by atoms with Crippen LogP contribution in [-0.2, 0) is 6.42 Å². The Bertz CT molecular complexity index is 909. The highest BCUT2D eigenvalue weighted by Gasteiger charge is 2.15. The van der Waals surface area contributed by atoms with Gasteiger partial charge in [-0.2, -0.15) is 9.78 Å².